The van der Waals surface area contributed by atoms with Crippen LogP contribution in [0.2, 0.25) is 0 Å². The molecule has 1 aliphatic heterocycles. The molecule has 7 heteroatoms. The Labute approximate surface area is 108 Å². The van der Waals surface area contributed by atoms with Crippen molar-refractivity contribution in [3.05, 3.63) is 0 Å². The van der Waals surface area contributed by atoms with E-state index in [0.29, 0.717) is 0 Å². The molecule has 0 amide bonds. The second-order valence-corrected chi connectivity index (χ2v) is 8.19. The highest BCUT2D eigenvalue weighted by Crippen LogP contribution is 2.30. The summed E-state index contributed by atoms with van der Waals surface area (Å²) < 4.78 is 30.5. The fourth-order valence-corrected chi connectivity index (χ4v) is 4.08. The second-order valence-electron chi connectivity index (χ2n) is 6.22. The molecule has 0 bridgehead atoms. The zero-order valence-electron chi connectivity index (χ0n) is 11.3. The SMILES string of the molecule is CC(C)(C)CS(=O)(=O)N1CC(C)(OCC(=O)O)C1. The van der Waals surface area contributed by atoms with Crippen molar-refractivity contribution in [2.75, 3.05) is 25.4 Å². The maximum Gasteiger partial charge on any atom is 0.329 e. The van der Waals surface area contributed by atoms with Gasteiger partial charge < -0.3 is 9.84 Å². The van der Waals surface area contributed by atoms with Gasteiger partial charge in [0, 0.05) is 13.1 Å². The number of ether oxygens (including phenoxy) is 1. The van der Waals surface area contributed by atoms with E-state index in [1.165, 1.54) is 4.31 Å². The largest absolute Gasteiger partial charge is 0.480 e. The number of nitrogens with zero attached hydrogens (tertiary/aromatic N) is 1. The van der Waals surface area contributed by atoms with Crippen LogP contribution in [-0.2, 0) is 19.6 Å². The number of sulfonamides is 1. The highest BCUT2D eigenvalue weighted by Gasteiger charge is 2.46. The van der Waals surface area contributed by atoms with Crippen LogP contribution in [0.1, 0.15) is 27.7 Å². The van der Waals surface area contributed by atoms with E-state index in [0.717, 1.165) is 0 Å². The molecule has 0 aromatic carbocycles. The minimum absolute atomic E-state index is 0.0784. The molecule has 0 atom stereocenters. The summed E-state index contributed by atoms with van der Waals surface area (Å²) in [5.41, 5.74) is -0.976. The maximum atomic E-state index is 12.0. The van der Waals surface area contributed by atoms with Crippen LogP contribution < -0.4 is 0 Å². The molecule has 1 N–H and O–H groups in total. The molecule has 0 aromatic heterocycles. The quantitative estimate of drug-likeness (QED) is 0.794. The Bertz CT molecular complexity index is 417. The minimum Gasteiger partial charge on any atom is -0.480 e. The summed E-state index contributed by atoms with van der Waals surface area (Å²) in [7, 11) is -3.28. The van der Waals surface area contributed by atoms with Gasteiger partial charge in [0.15, 0.2) is 0 Å². The van der Waals surface area contributed by atoms with Crippen molar-refractivity contribution in [1.82, 2.24) is 4.31 Å². The van der Waals surface area contributed by atoms with Gasteiger partial charge in [-0.05, 0) is 12.3 Å². The molecule has 106 valence electrons. The summed E-state index contributed by atoms with van der Waals surface area (Å²) in [5.74, 6) is -0.970. The van der Waals surface area contributed by atoms with Gasteiger partial charge in [0.2, 0.25) is 10.0 Å². The first-order valence-corrected chi connectivity index (χ1v) is 7.38. The van der Waals surface area contributed by atoms with E-state index in [2.05, 4.69) is 0 Å². The fraction of sp³-hybridized carbons (Fsp3) is 0.909. The predicted octanol–water partition coefficient (Wildman–Crippen LogP) is 0.538. The summed E-state index contributed by atoms with van der Waals surface area (Å²) in [5, 5.41) is 8.52. The van der Waals surface area contributed by atoms with Gasteiger partial charge in [-0.2, -0.15) is 4.31 Å². The van der Waals surface area contributed by atoms with Crippen LogP contribution in [0.4, 0.5) is 0 Å². The van der Waals surface area contributed by atoms with Crippen LogP contribution in [0.15, 0.2) is 0 Å². The van der Waals surface area contributed by atoms with Crippen molar-refractivity contribution in [2.24, 2.45) is 5.41 Å². The first-order valence-electron chi connectivity index (χ1n) is 5.77. The maximum absolute atomic E-state index is 12.0. The molecule has 6 nitrogen and oxygen atoms in total. The molecule has 1 saturated heterocycles. The van der Waals surface area contributed by atoms with Gasteiger partial charge in [-0.1, -0.05) is 20.8 Å². The molecule has 1 heterocycles. The van der Waals surface area contributed by atoms with Crippen LogP contribution >= 0.6 is 0 Å². The second kappa shape index (κ2) is 4.79. The molecule has 1 rings (SSSR count). The van der Waals surface area contributed by atoms with Crippen molar-refractivity contribution in [3.8, 4) is 0 Å². The van der Waals surface area contributed by atoms with E-state index in [1.807, 2.05) is 20.8 Å². The standard InChI is InChI=1S/C11H21NO5S/c1-10(2,3)8-18(15,16)12-6-11(4,7-12)17-5-9(13)14/h5-8H2,1-4H3,(H,13,14). The summed E-state index contributed by atoms with van der Waals surface area (Å²) in [6.45, 7) is 7.36. The zero-order valence-corrected chi connectivity index (χ0v) is 12.1. The van der Waals surface area contributed by atoms with Gasteiger partial charge >= 0.3 is 5.97 Å². The van der Waals surface area contributed by atoms with Crippen molar-refractivity contribution in [2.45, 2.75) is 33.3 Å². The third-order valence-electron chi connectivity index (χ3n) is 2.57. The molecular formula is C11H21NO5S. The molecule has 0 unspecified atom stereocenters. The minimum atomic E-state index is -3.28. The van der Waals surface area contributed by atoms with Gasteiger partial charge in [-0.15, -0.1) is 0 Å². The Morgan fingerprint density at radius 1 is 1.39 bits per heavy atom. The summed E-state index contributed by atoms with van der Waals surface area (Å²) in [6, 6.07) is 0. The number of hydrogen-bond acceptors (Lipinski definition) is 4. The fourth-order valence-electron chi connectivity index (χ4n) is 1.86. The van der Waals surface area contributed by atoms with E-state index >= 15 is 0 Å². The van der Waals surface area contributed by atoms with Crippen LogP contribution in [-0.4, -0.2) is 54.8 Å². The van der Waals surface area contributed by atoms with Crippen molar-refractivity contribution < 1.29 is 23.1 Å². The van der Waals surface area contributed by atoms with Gasteiger partial charge in [-0.3, -0.25) is 0 Å². The van der Waals surface area contributed by atoms with Crippen molar-refractivity contribution >= 4 is 16.0 Å². The third kappa shape index (κ3) is 4.22. The molecule has 18 heavy (non-hydrogen) atoms. The van der Waals surface area contributed by atoms with Gasteiger partial charge in [0.25, 0.3) is 0 Å². The molecular weight excluding hydrogens is 258 g/mol. The average Bonchev–Trinajstić information content (AvgIpc) is 2.06. The normalized spacial score (nSPS) is 20.4. The van der Waals surface area contributed by atoms with E-state index in [1.54, 1.807) is 6.92 Å². The predicted molar refractivity (Wildman–Crippen MR) is 66.8 cm³/mol. The zero-order chi connectivity index (χ0) is 14.2. The molecule has 0 aliphatic carbocycles. The third-order valence-corrected chi connectivity index (χ3v) is 4.85. The van der Waals surface area contributed by atoms with E-state index in [4.69, 9.17) is 9.84 Å². The average molecular weight is 279 g/mol. The number of rotatable bonds is 5. The summed E-state index contributed by atoms with van der Waals surface area (Å²) in [6.07, 6.45) is 0. The van der Waals surface area contributed by atoms with Crippen LogP contribution in [0.3, 0.4) is 0 Å². The molecule has 1 fully saturated rings. The van der Waals surface area contributed by atoms with Gasteiger partial charge in [0.1, 0.15) is 6.61 Å². The van der Waals surface area contributed by atoms with Crippen molar-refractivity contribution in [3.63, 3.8) is 0 Å². The van der Waals surface area contributed by atoms with E-state index < -0.39 is 28.2 Å². The molecule has 0 radical (unpaired) electrons. The Hall–Kier alpha value is -0.660. The van der Waals surface area contributed by atoms with Gasteiger partial charge in [-0.25, -0.2) is 13.2 Å². The summed E-state index contributed by atoms with van der Waals surface area (Å²) in [4.78, 5) is 10.4. The summed E-state index contributed by atoms with van der Waals surface area (Å²) >= 11 is 0. The number of aliphatic carboxylic acids is 1. The molecule has 0 spiro atoms. The highest BCUT2D eigenvalue weighted by atomic mass is 32.2. The van der Waals surface area contributed by atoms with E-state index in [-0.39, 0.29) is 24.3 Å². The molecule has 0 aromatic rings. The number of carboxylic acid groups (broad SMARTS) is 1. The Morgan fingerprint density at radius 2 is 1.89 bits per heavy atom. The Balaban J connectivity index is 2.53. The lowest BCUT2D eigenvalue weighted by Crippen LogP contribution is -2.64. The van der Waals surface area contributed by atoms with E-state index in [9.17, 15) is 13.2 Å². The molecule has 1 aliphatic rings. The van der Waals surface area contributed by atoms with Crippen molar-refractivity contribution in [1.29, 1.82) is 0 Å². The lowest BCUT2D eigenvalue weighted by atomic mass is 10.00. The highest BCUT2D eigenvalue weighted by molar-refractivity contribution is 7.89. The van der Waals surface area contributed by atoms with Crippen LogP contribution in [0.25, 0.3) is 0 Å². The lowest BCUT2D eigenvalue weighted by Gasteiger charge is -2.46. The first-order chi connectivity index (χ1) is 7.94. The number of carboxylic acids is 1. The lowest BCUT2D eigenvalue weighted by molar-refractivity contribution is -0.157. The topological polar surface area (TPSA) is 83.9 Å². The van der Waals surface area contributed by atoms with Crippen LogP contribution in [0.5, 0.6) is 0 Å². The van der Waals surface area contributed by atoms with Crippen LogP contribution in [0, 0.1) is 5.41 Å². The Kier molecular flexibility index (Phi) is 4.10. The monoisotopic (exact) mass is 279 g/mol. The Morgan fingerprint density at radius 3 is 2.28 bits per heavy atom. The molecule has 0 saturated carbocycles. The van der Waals surface area contributed by atoms with Gasteiger partial charge in [0.05, 0.1) is 11.4 Å². The smallest absolute Gasteiger partial charge is 0.329 e. The first kappa shape index (κ1) is 15.4. The number of hydrogen-bond donors (Lipinski definition) is 1. The number of carbonyl (C=O) groups is 1.